The molecule has 1 aliphatic rings. The Bertz CT molecular complexity index is 1410. The Morgan fingerprint density at radius 3 is 2.89 bits per heavy atom. The molecule has 0 saturated carbocycles. The quantitative estimate of drug-likeness (QED) is 0.425. The summed E-state index contributed by atoms with van der Waals surface area (Å²) in [4.78, 5) is 19.4. The fourth-order valence-electron chi connectivity index (χ4n) is 4.39. The highest BCUT2D eigenvalue weighted by molar-refractivity contribution is 5.91. The molecular weight excluding hydrogens is 463 g/mol. The molecule has 36 heavy (non-hydrogen) atoms. The zero-order chi connectivity index (χ0) is 25.2. The van der Waals surface area contributed by atoms with E-state index in [9.17, 15) is 4.79 Å². The summed E-state index contributed by atoms with van der Waals surface area (Å²) < 4.78 is 27.2. The van der Waals surface area contributed by atoms with E-state index < -0.39 is 11.7 Å². The third kappa shape index (κ3) is 4.85. The zero-order valence-corrected chi connectivity index (χ0v) is 20.4. The van der Waals surface area contributed by atoms with E-state index in [1.807, 2.05) is 0 Å². The van der Waals surface area contributed by atoms with Gasteiger partial charge in [-0.2, -0.15) is 0 Å². The van der Waals surface area contributed by atoms with Gasteiger partial charge in [0.05, 0.1) is 24.7 Å². The van der Waals surface area contributed by atoms with Crippen LogP contribution in [0.25, 0.3) is 5.69 Å². The molecule has 2 aromatic carbocycles. The van der Waals surface area contributed by atoms with Crippen LogP contribution < -0.4 is 10.1 Å². The number of oxazole rings is 1. The Morgan fingerprint density at radius 1 is 1.25 bits per heavy atom. The molecule has 3 heterocycles. The number of hydrogen-bond acceptors (Lipinski definition) is 7. The Labute approximate surface area is 207 Å². The number of aromatic nitrogens is 4. The van der Waals surface area contributed by atoms with E-state index in [1.165, 1.54) is 35.2 Å². The van der Waals surface area contributed by atoms with Gasteiger partial charge < -0.3 is 19.4 Å². The smallest absolute Gasteiger partial charge is 0.273 e. The number of ether oxygens (including phenoxy) is 1. The highest BCUT2D eigenvalue weighted by Gasteiger charge is 2.20. The van der Waals surface area contributed by atoms with Gasteiger partial charge in [0, 0.05) is 31.6 Å². The number of nitrogens with zero attached hydrogens (tertiary/aromatic N) is 5. The molecule has 1 N–H and O–H groups in total. The second-order valence-corrected chi connectivity index (χ2v) is 8.96. The summed E-state index contributed by atoms with van der Waals surface area (Å²) in [7, 11) is 3.50. The fraction of sp³-hybridized carbons (Fsp3) is 0.308. The van der Waals surface area contributed by atoms with Gasteiger partial charge in [-0.3, -0.25) is 4.79 Å². The molecule has 0 spiro atoms. The lowest BCUT2D eigenvalue weighted by atomic mass is 9.97. The molecule has 10 heteroatoms. The van der Waals surface area contributed by atoms with Crippen LogP contribution in [0.3, 0.4) is 0 Å². The number of benzene rings is 2. The van der Waals surface area contributed by atoms with Crippen molar-refractivity contribution in [1.29, 1.82) is 0 Å². The van der Waals surface area contributed by atoms with Gasteiger partial charge in [0.1, 0.15) is 6.26 Å². The van der Waals surface area contributed by atoms with E-state index in [4.69, 9.17) is 9.15 Å². The first kappa shape index (κ1) is 23.7. The number of fused-ring (bicyclic) bond motifs is 1. The number of rotatable bonds is 7. The van der Waals surface area contributed by atoms with Crippen LogP contribution in [0.2, 0.25) is 0 Å². The predicted octanol–water partition coefficient (Wildman–Crippen LogP) is 3.22. The minimum absolute atomic E-state index is 0.0693. The molecule has 0 unspecified atom stereocenters. The zero-order valence-electron chi connectivity index (χ0n) is 20.4. The highest BCUT2D eigenvalue weighted by Crippen LogP contribution is 2.26. The number of halogens is 1. The van der Waals surface area contributed by atoms with Crippen LogP contribution in [-0.4, -0.2) is 51.5 Å². The van der Waals surface area contributed by atoms with E-state index in [0.717, 1.165) is 25.1 Å². The Morgan fingerprint density at radius 2 is 2.11 bits per heavy atom. The van der Waals surface area contributed by atoms with Crippen LogP contribution in [0.4, 0.5) is 4.39 Å². The van der Waals surface area contributed by atoms with E-state index in [0.29, 0.717) is 23.7 Å². The highest BCUT2D eigenvalue weighted by atomic mass is 19.1. The number of methoxy groups -OCH3 is 1. The molecule has 0 bridgehead atoms. The number of carbonyl (C=O) groups excluding carboxylic acids is 1. The maximum atomic E-state index is 15.1. The summed E-state index contributed by atoms with van der Waals surface area (Å²) in [6.45, 7) is 3.66. The van der Waals surface area contributed by atoms with Gasteiger partial charge >= 0.3 is 0 Å². The molecule has 0 fully saturated rings. The van der Waals surface area contributed by atoms with Crippen molar-refractivity contribution in [2.45, 2.75) is 32.9 Å². The lowest BCUT2D eigenvalue weighted by Crippen LogP contribution is -2.26. The van der Waals surface area contributed by atoms with Gasteiger partial charge in [-0.1, -0.05) is 23.4 Å². The summed E-state index contributed by atoms with van der Waals surface area (Å²) in [5, 5.41) is 10.7. The van der Waals surface area contributed by atoms with Gasteiger partial charge in [0.15, 0.2) is 23.2 Å². The van der Waals surface area contributed by atoms with E-state index in [1.54, 1.807) is 19.2 Å². The minimum Gasteiger partial charge on any atom is -0.494 e. The molecule has 4 aromatic rings. The molecule has 1 amide bonds. The van der Waals surface area contributed by atoms with E-state index in [-0.39, 0.29) is 23.6 Å². The molecule has 0 saturated heterocycles. The van der Waals surface area contributed by atoms with Crippen LogP contribution in [0, 0.1) is 12.7 Å². The maximum absolute atomic E-state index is 15.1. The second-order valence-electron chi connectivity index (χ2n) is 8.96. The van der Waals surface area contributed by atoms with Gasteiger partial charge in [-0.15, -0.1) is 5.10 Å². The maximum Gasteiger partial charge on any atom is 0.273 e. The number of aryl methyl sites for hydroxylation is 1. The molecule has 0 aliphatic carbocycles. The molecule has 2 aromatic heterocycles. The van der Waals surface area contributed by atoms with Crippen molar-refractivity contribution in [3.8, 4) is 11.4 Å². The largest absolute Gasteiger partial charge is 0.494 e. The van der Waals surface area contributed by atoms with E-state index >= 15 is 4.39 Å². The fourth-order valence-corrected chi connectivity index (χ4v) is 4.39. The monoisotopic (exact) mass is 490 g/mol. The Hall–Kier alpha value is -4.05. The topological polar surface area (TPSA) is 98.3 Å². The van der Waals surface area contributed by atoms with Crippen molar-refractivity contribution in [2.24, 2.45) is 0 Å². The molecular formula is C26H27FN6O3. The van der Waals surface area contributed by atoms with Crippen molar-refractivity contribution < 1.29 is 18.3 Å². The third-order valence-electron chi connectivity index (χ3n) is 6.30. The van der Waals surface area contributed by atoms with Gasteiger partial charge in [-0.05, 0) is 49.2 Å². The minimum atomic E-state index is -0.581. The SMILES string of the molecule is COc1ccc(-n2cc(C)nn2)c(CNC(=O)c2coc(Cc3ccc4c(c3)CN(C)CC4)n2)c1F. The van der Waals surface area contributed by atoms with Crippen LogP contribution in [0.1, 0.15) is 44.3 Å². The van der Waals surface area contributed by atoms with Crippen LogP contribution in [0.15, 0.2) is 47.2 Å². The van der Waals surface area contributed by atoms with Gasteiger partial charge in [0.2, 0.25) is 0 Å². The number of amides is 1. The van der Waals surface area contributed by atoms with Crippen molar-refractivity contribution in [3.63, 3.8) is 0 Å². The van der Waals surface area contributed by atoms with Crippen molar-refractivity contribution in [1.82, 2.24) is 30.2 Å². The predicted molar refractivity (Wildman–Crippen MR) is 130 cm³/mol. The lowest BCUT2D eigenvalue weighted by Gasteiger charge is -2.25. The van der Waals surface area contributed by atoms with Crippen LogP contribution in [-0.2, 0) is 25.9 Å². The summed E-state index contributed by atoms with van der Waals surface area (Å²) in [5.74, 6) is -0.544. The lowest BCUT2D eigenvalue weighted by molar-refractivity contribution is 0.0945. The first-order valence-electron chi connectivity index (χ1n) is 11.7. The van der Waals surface area contributed by atoms with Gasteiger partial charge in [-0.25, -0.2) is 14.1 Å². The summed E-state index contributed by atoms with van der Waals surface area (Å²) >= 11 is 0. The number of hydrogen-bond donors (Lipinski definition) is 1. The average Bonchev–Trinajstić information content (AvgIpc) is 3.51. The third-order valence-corrected chi connectivity index (χ3v) is 6.30. The average molecular weight is 491 g/mol. The molecule has 9 nitrogen and oxygen atoms in total. The summed E-state index contributed by atoms with van der Waals surface area (Å²) in [6, 6.07) is 9.59. The standard InChI is InChI=1S/C26H27FN6O3/c1-16-13-33(31-30-16)22-6-7-23(35-3)25(27)20(22)12-28-26(34)21-15-36-24(29-21)11-17-4-5-18-8-9-32(2)14-19(18)10-17/h4-7,10,13,15H,8-9,11-12,14H2,1-3H3,(H,28,34). The molecule has 0 atom stereocenters. The number of likely N-dealkylation sites (N-methyl/N-ethyl adjacent to an activating group) is 1. The van der Waals surface area contributed by atoms with E-state index in [2.05, 4.69) is 50.8 Å². The normalized spacial score (nSPS) is 13.4. The number of nitrogens with one attached hydrogen (secondary N) is 1. The van der Waals surface area contributed by atoms with Crippen LogP contribution in [0.5, 0.6) is 5.75 Å². The van der Waals surface area contributed by atoms with Crippen molar-refractivity contribution >= 4 is 5.91 Å². The summed E-state index contributed by atoms with van der Waals surface area (Å²) in [6.07, 6.45) is 4.52. The van der Waals surface area contributed by atoms with Crippen LogP contribution >= 0.6 is 0 Å². The second kappa shape index (κ2) is 9.90. The first-order chi connectivity index (χ1) is 17.4. The molecule has 5 rings (SSSR count). The molecule has 1 aliphatic heterocycles. The van der Waals surface area contributed by atoms with Crippen molar-refractivity contribution in [3.05, 3.63) is 88.1 Å². The molecule has 0 radical (unpaired) electrons. The summed E-state index contributed by atoms with van der Waals surface area (Å²) in [5.41, 5.74) is 5.23. The Balaban J connectivity index is 1.29. The number of carbonyl (C=O) groups is 1. The van der Waals surface area contributed by atoms with Crippen molar-refractivity contribution in [2.75, 3.05) is 20.7 Å². The first-order valence-corrected chi connectivity index (χ1v) is 11.7. The van der Waals surface area contributed by atoms with Gasteiger partial charge in [0.25, 0.3) is 5.91 Å². The molecule has 186 valence electrons. The Kier molecular flexibility index (Phi) is 6.51.